The summed E-state index contributed by atoms with van der Waals surface area (Å²) >= 11 is 0. The Morgan fingerprint density at radius 3 is 2.31 bits per heavy atom. The van der Waals surface area contributed by atoms with Crippen LogP contribution in [-0.4, -0.2) is 27.4 Å². The molecule has 1 aliphatic rings. The molecule has 29 heavy (non-hydrogen) atoms. The Morgan fingerprint density at radius 1 is 0.931 bits per heavy atom. The van der Waals surface area contributed by atoms with E-state index in [1.165, 1.54) is 4.31 Å². The molecule has 0 bridgehead atoms. The predicted octanol–water partition coefficient (Wildman–Crippen LogP) is 3.78. The molecule has 0 aromatic heterocycles. The van der Waals surface area contributed by atoms with E-state index >= 15 is 0 Å². The van der Waals surface area contributed by atoms with Crippen molar-refractivity contribution in [3.63, 3.8) is 0 Å². The number of carbonyl (C=O) groups excluding carboxylic acids is 1. The fourth-order valence-corrected chi connectivity index (χ4v) is 4.99. The maximum atomic E-state index is 13.4. The molecule has 0 spiro atoms. The van der Waals surface area contributed by atoms with Crippen LogP contribution < -0.4 is 9.21 Å². The van der Waals surface area contributed by atoms with E-state index in [4.69, 9.17) is 0 Å². The molecule has 0 aliphatic carbocycles. The Bertz CT molecular complexity index is 1130. The van der Waals surface area contributed by atoms with Gasteiger partial charge in [0.15, 0.2) is 0 Å². The van der Waals surface area contributed by atoms with Gasteiger partial charge in [0.2, 0.25) is 5.91 Å². The van der Waals surface area contributed by atoms with Crippen LogP contribution in [-0.2, 0) is 21.2 Å². The van der Waals surface area contributed by atoms with Gasteiger partial charge in [-0.2, -0.15) is 0 Å². The number of aryl methyl sites for hydroxylation is 1. The number of rotatable bonds is 5. The minimum absolute atomic E-state index is 0.162. The lowest BCUT2D eigenvalue weighted by molar-refractivity contribution is -0.117. The molecule has 0 unspecified atom stereocenters. The summed E-state index contributed by atoms with van der Waals surface area (Å²) in [5.74, 6) is -0.241. The number of anilines is 2. The lowest BCUT2D eigenvalue weighted by Crippen LogP contribution is -2.42. The molecule has 0 radical (unpaired) electrons. The van der Waals surface area contributed by atoms with Gasteiger partial charge in [0.25, 0.3) is 10.0 Å². The predicted molar refractivity (Wildman–Crippen MR) is 115 cm³/mol. The van der Waals surface area contributed by atoms with E-state index in [1.807, 2.05) is 43.3 Å². The number of sulfonamides is 1. The van der Waals surface area contributed by atoms with Crippen LogP contribution in [0.15, 0.2) is 83.8 Å². The Hall–Kier alpha value is -3.12. The number of carbonyl (C=O) groups is 1. The van der Waals surface area contributed by atoms with Crippen LogP contribution in [0.1, 0.15) is 11.1 Å². The first-order valence-electron chi connectivity index (χ1n) is 9.49. The van der Waals surface area contributed by atoms with Crippen molar-refractivity contribution in [3.05, 3.63) is 90.0 Å². The van der Waals surface area contributed by atoms with Gasteiger partial charge in [0.05, 0.1) is 10.6 Å². The summed E-state index contributed by atoms with van der Waals surface area (Å²) in [6.45, 7) is 2.24. The van der Waals surface area contributed by atoms with E-state index in [0.29, 0.717) is 12.2 Å². The number of hydrogen-bond acceptors (Lipinski definition) is 3. The van der Waals surface area contributed by atoms with E-state index in [-0.39, 0.29) is 17.3 Å². The topological polar surface area (TPSA) is 57.7 Å². The number of para-hydroxylation sites is 1. The molecule has 0 saturated heterocycles. The third-order valence-electron chi connectivity index (χ3n) is 5.12. The molecule has 1 aliphatic heterocycles. The van der Waals surface area contributed by atoms with Gasteiger partial charge in [-0.1, -0.05) is 54.1 Å². The van der Waals surface area contributed by atoms with Gasteiger partial charge in [-0.3, -0.25) is 9.10 Å². The minimum atomic E-state index is -3.88. The van der Waals surface area contributed by atoms with E-state index in [2.05, 4.69) is 0 Å². The van der Waals surface area contributed by atoms with Crippen molar-refractivity contribution in [1.29, 1.82) is 0 Å². The average molecular weight is 407 g/mol. The maximum Gasteiger partial charge on any atom is 0.264 e. The van der Waals surface area contributed by atoms with Gasteiger partial charge in [-0.25, -0.2) is 8.42 Å². The van der Waals surface area contributed by atoms with E-state index in [1.54, 1.807) is 47.4 Å². The van der Waals surface area contributed by atoms with Gasteiger partial charge in [0, 0.05) is 12.2 Å². The Balaban J connectivity index is 1.70. The fourth-order valence-electron chi connectivity index (χ4n) is 3.55. The van der Waals surface area contributed by atoms with E-state index < -0.39 is 10.0 Å². The molecule has 1 heterocycles. The standard InChI is InChI=1S/C23H22N2O3S/c1-18-11-13-20(14-12-18)25(29(27,28)21-8-3-2-4-9-21)17-23(26)24-16-15-19-7-5-6-10-22(19)24/h2-14H,15-17H2,1H3. The van der Waals surface area contributed by atoms with Gasteiger partial charge in [-0.05, 0) is 49.2 Å². The van der Waals surface area contributed by atoms with Gasteiger partial charge >= 0.3 is 0 Å². The van der Waals surface area contributed by atoms with Gasteiger partial charge in [-0.15, -0.1) is 0 Å². The third-order valence-corrected chi connectivity index (χ3v) is 6.91. The fraction of sp³-hybridized carbons (Fsp3) is 0.174. The zero-order chi connectivity index (χ0) is 20.4. The molecular weight excluding hydrogens is 384 g/mol. The highest BCUT2D eigenvalue weighted by molar-refractivity contribution is 7.92. The molecule has 0 fully saturated rings. The normalized spacial score (nSPS) is 13.2. The molecular formula is C23H22N2O3S. The third kappa shape index (κ3) is 3.76. The first-order chi connectivity index (χ1) is 14.0. The highest BCUT2D eigenvalue weighted by Crippen LogP contribution is 2.29. The summed E-state index contributed by atoms with van der Waals surface area (Å²) in [4.78, 5) is 15.0. The number of fused-ring (bicyclic) bond motifs is 1. The molecule has 148 valence electrons. The van der Waals surface area contributed by atoms with Gasteiger partial charge < -0.3 is 4.90 Å². The van der Waals surface area contributed by atoms with Crippen molar-refractivity contribution < 1.29 is 13.2 Å². The molecule has 4 rings (SSSR count). The zero-order valence-electron chi connectivity index (χ0n) is 16.2. The van der Waals surface area contributed by atoms with Crippen LogP contribution in [0.25, 0.3) is 0 Å². The quantitative estimate of drug-likeness (QED) is 0.648. The molecule has 3 aromatic rings. The van der Waals surface area contributed by atoms with E-state index in [9.17, 15) is 13.2 Å². The molecule has 0 atom stereocenters. The van der Waals surface area contributed by atoms with Crippen molar-refractivity contribution in [2.24, 2.45) is 0 Å². The molecule has 1 amide bonds. The largest absolute Gasteiger partial charge is 0.310 e. The summed E-state index contributed by atoms with van der Waals surface area (Å²) in [6.07, 6.45) is 0.776. The highest BCUT2D eigenvalue weighted by Gasteiger charge is 2.31. The Labute approximate surface area is 171 Å². The lowest BCUT2D eigenvalue weighted by Gasteiger charge is -2.27. The number of hydrogen-bond donors (Lipinski definition) is 0. The SMILES string of the molecule is Cc1ccc(N(CC(=O)N2CCc3ccccc32)S(=O)(=O)c2ccccc2)cc1. The second-order valence-electron chi connectivity index (χ2n) is 7.08. The summed E-state index contributed by atoms with van der Waals surface area (Å²) < 4.78 is 27.9. The first kappa shape index (κ1) is 19.2. The number of nitrogens with zero attached hydrogens (tertiary/aromatic N) is 2. The molecule has 0 N–H and O–H groups in total. The Morgan fingerprint density at radius 2 is 1.59 bits per heavy atom. The number of amides is 1. The summed E-state index contributed by atoms with van der Waals surface area (Å²) in [7, 11) is -3.88. The van der Waals surface area contributed by atoms with Crippen LogP contribution in [0, 0.1) is 6.92 Å². The van der Waals surface area contributed by atoms with Crippen LogP contribution in [0.2, 0.25) is 0 Å². The van der Waals surface area contributed by atoms with Crippen molar-refractivity contribution in [2.45, 2.75) is 18.2 Å². The maximum absolute atomic E-state index is 13.4. The second kappa shape index (κ2) is 7.72. The molecule has 3 aromatic carbocycles. The van der Waals surface area contributed by atoms with Crippen LogP contribution >= 0.6 is 0 Å². The van der Waals surface area contributed by atoms with Crippen molar-refractivity contribution in [3.8, 4) is 0 Å². The van der Waals surface area contributed by atoms with Crippen molar-refractivity contribution in [2.75, 3.05) is 22.3 Å². The highest BCUT2D eigenvalue weighted by atomic mass is 32.2. The van der Waals surface area contributed by atoms with E-state index in [0.717, 1.165) is 23.2 Å². The monoisotopic (exact) mass is 406 g/mol. The lowest BCUT2D eigenvalue weighted by atomic mass is 10.2. The number of benzene rings is 3. The summed E-state index contributed by atoms with van der Waals surface area (Å²) in [5.41, 5.74) is 3.46. The smallest absolute Gasteiger partial charge is 0.264 e. The molecule has 6 heteroatoms. The second-order valence-corrected chi connectivity index (χ2v) is 8.95. The summed E-state index contributed by atoms with van der Waals surface area (Å²) in [6, 6.07) is 23.1. The molecule has 5 nitrogen and oxygen atoms in total. The Kier molecular flexibility index (Phi) is 5.11. The van der Waals surface area contributed by atoms with Crippen LogP contribution in [0.5, 0.6) is 0 Å². The average Bonchev–Trinajstić information content (AvgIpc) is 3.17. The van der Waals surface area contributed by atoms with Crippen molar-refractivity contribution in [1.82, 2.24) is 0 Å². The minimum Gasteiger partial charge on any atom is -0.310 e. The summed E-state index contributed by atoms with van der Waals surface area (Å²) in [5, 5.41) is 0. The van der Waals surface area contributed by atoms with Crippen LogP contribution in [0.4, 0.5) is 11.4 Å². The van der Waals surface area contributed by atoms with Gasteiger partial charge in [0.1, 0.15) is 6.54 Å². The first-order valence-corrected chi connectivity index (χ1v) is 10.9. The van der Waals surface area contributed by atoms with Crippen molar-refractivity contribution >= 4 is 27.3 Å². The molecule has 0 saturated carbocycles. The van der Waals surface area contributed by atoms with Crippen LogP contribution in [0.3, 0.4) is 0 Å². The zero-order valence-corrected chi connectivity index (χ0v) is 17.0.